The lowest BCUT2D eigenvalue weighted by molar-refractivity contribution is -0.147. The highest BCUT2D eigenvalue weighted by Crippen LogP contribution is 2.13. The minimum Gasteiger partial charge on any atom is -0.464 e. The normalized spacial score (nSPS) is 12.7. The zero-order valence-electron chi connectivity index (χ0n) is 20.4. The van der Waals surface area contributed by atoms with E-state index in [1.54, 1.807) is 24.8 Å². The van der Waals surface area contributed by atoms with Gasteiger partial charge in [-0.05, 0) is 37.5 Å². The summed E-state index contributed by atoms with van der Waals surface area (Å²) in [6, 6.07) is 16.3. The minimum atomic E-state index is -0.774. The molecule has 7 nitrogen and oxygen atoms in total. The largest absolute Gasteiger partial charge is 0.464 e. The predicted molar refractivity (Wildman–Crippen MR) is 141 cm³/mol. The second-order valence-electron chi connectivity index (χ2n) is 8.09. The molecule has 0 unspecified atom stereocenters. The summed E-state index contributed by atoms with van der Waals surface area (Å²) in [6.07, 6.45) is 3.82. The first-order chi connectivity index (χ1) is 16.9. The van der Waals surface area contributed by atoms with Crippen molar-refractivity contribution in [3.63, 3.8) is 0 Å². The van der Waals surface area contributed by atoms with E-state index in [4.69, 9.17) is 10.5 Å². The van der Waals surface area contributed by atoms with E-state index in [0.717, 1.165) is 11.3 Å². The Bertz CT molecular complexity index is 964. The molecule has 35 heavy (non-hydrogen) atoms. The van der Waals surface area contributed by atoms with E-state index in [1.807, 2.05) is 37.3 Å². The molecular weight excluding hydrogens is 462 g/mol. The Morgan fingerprint density at radius 2 is 1.77 bits per heavy atom. The fourth-order valence-electron chi connectivity index (χ4n) is 3.17. The third kappa shape index (κ3) is 11.2. The molecule has 2 atom stereocenters. The van der Waals surface area contributed by atoms with E-state index >= 15 is 0 Å². The van der Waals surface area contributed by atoms with Crippen molar-refractivity contribution in [3.8, 4) is 0 Å². The molecule has 0 aromatic heterocycles. The minimum absolute atomic E-state index is 0.218. The second kappa shape index (κ2) is 15.7. The zero-order chi connectivity index (χ0) is 25.5. The molecule has 0 radical (unpaired) electrons. The summed E-state index contributed by atoms with van der Waals surface area (Å²) < 4.78 is 5.09. The number of ether oxygens (including phenoxy) is 1. The van der Waals surface area contributed by atoms with Crippen LogP contribution in [-0.2, 0) is 31.3 Å². The van der Waals surface area contributed by atoms with Gasteiger partial charge in [-0.25, -0.2) is 4.79 Å². The summed E-state index contributed by atoms with van der Waals surface area (Å²) in [5.74, 6) is 0.240. The van der Waals surface area contributed by atoms with Gasteiger partial charge in [0.15, 0.2) is 0 Å². The lowest BCUT2D eigenvalue weighted by atomic mass is 10.1. The average Bonchev–Trinajstić information content (AvgIpc) is 2.85. The number of amides is 2. The van der Waals surface area contributed by atoms with Gasteiger partial charge in [0.25, 0.3) is 0 Å². The van der Waals surface area contributed by atoms with Crippen molar-refractivity contribution in [2.75, 3.05) is 18.9 Å². The molecule has 0 saturated heterocycles. The van der Waals surface area contributed by atoms with Gasteiger partial charge in [-0.1, -0.05) is 66.2 Å². The lowest BCUT2D eigenvalue weighted by Gasteiger charge is -2.16. The van der Waals surface area contributed by atoms with Crippen molar-refractivity contribution in [2.24, 2.45) is 5.73 Å². The summed E-state index contributed by atoms with van der Waals surface area (Å²) in [4.78, 5) is 36.7. The molecule has 2 rings (SSSR count). The van der Waals surface area contributed by atoms with Crippen LogP contribution in [0.15, 0.2) is 66.7 Å². The fourth-order valence-corrected chi connectivity index (χ4v) is 4.12. The Hall–Kier alpha value is -3.10. The van der Waals surface area contributed by atoms with Crippen LogP contribution in [0.4, 0.5) is 0 Å². The van der Waals surface area contributed by atoms with Gasteiger partial charge in [-0.15, -0.1) is 0 Å². The number of carbonyl (C=O) groups is 3. The number of aryl methyl sites for hydroxylation is 1. The Morgan fingerprint density at radius 1 is 1.06 bits per heavy atom. The highest BCUT2D eigenvalue weighted by Gasteiger charge is 2.21. The third-order valence-corrected chi connectivity index (χ3v) is 6.21. The van der Waals surface area contributed by atoms with E-state index in [9.17, 15) is 14.4 Å². The van der Waals surface area contributed by atoms with Gasteiger partial charge in [0.2, 0.25) is 11.8 Å². The molecule has 0 aliphatic carbocycles. The Kier molecular flexibility index (Phi) is 12.7. The van der Waals surface area contributed by atoms with Crippen LogP contribution in [-0.4, -0.2) is 48.8 Å². The van der Waals surface area contributed by atoms with Crippen molar-refractivity contribution in [1.29, 1.82) is 0 Å². The molecule has 0 aliphatic heterocycles. The summed E-state index contributed by atoms with van der Waals surface area (Å²) in [5.41, 5.74) is 9.32. The van der Waals surface area contributed by atoms with E-state index in [2.05, 4.69) is 34.9 Å². The van der Waals surface area contributed by atoms with Crippen molar-refractivity contribution in [1.82, 2.24) is 10.6 Å². The van der Waals surface area contributed by atoms with Crippen molar-refractivity contribution >= 4 is 29.5 Å². The zero-order valence-corrected chi connectivity index (χ0v) is 21.2. The second-order valence-corrected chi connectivity index (χ2v) is 9.12. The van der Waals surface area contributed by atoms with Gasteiger partial charge >= 0.3 is 5.97 Å². The maximum atomic E-state index is 12.3. The number of benzene rings is 2. The lowest BCUT2D eigenvalue weighted by Crippen LogP contribution is -2.43. The number of rotatable bonds is 14. The van der Waals surface area contributed by atoms with E-state index < -0.39 is 24.0 Å². The quantitative estimate of drug-likeness (QED) is 0.210. The van der Waals surface area contributed by atoms with Crippen LogP contribution in [0.1, 0.15) is 30.0 Å². The van der Waals surface area contributed by atoms with Gasteiger partial charge in [-0.2, -0.15) is 11.8 Å². The maximum absolute atomic E-state index is 12.3. The van der Waals surface area contributed by atoms with Gasteiger partial charge < -0.3 is 21.1 Å². The molecule has 8 heteroatoms. The molecule has 0 aliphatic rings. The standard InChI is InChI=1S/C27H35N3O4S/c1-3-34-27(33)24(17-21-9-5-4-6-10-21)30-25(31)11-7-8-16-29-26(32)23(28)19-35-18-22-14-12-20(2)13-15-22/h4-7,9-15,23-24H,3,8,16-19,28H2,1-2H3,(H,29,32)(H,30,31)/b11-7+/t23-,24-/m0/s1. The summed E-state index contributed by atoms with van der Waals surface area (Å²) in [7, 11) is 0. The first kappa shape index (κ1) is 28.1. The van der Waals surface area contributed by atoms with E-state index in [-0.39, 0.29) is 12.5 Å². The molecule has 2 aromatic rings. The topological polar surface area (TPSA) is 111 Å². The summed E-state index contributed by atoms with van der Waals surface area (Å²) in [6.45, 7) is 4.37. The summed E-state index contributed by atoms with van der Waals surface area (Å²) in [5, 5.41) is 5.48. The molecule has 2 amide bonds. The number of carbonyl (C=O) groups excluding carboxylic acids is 3. The molecule has 0 fully saturated rings. The number of nitrogens with two attached hydrogens (primary N) is 1. The first-order valence-corrected chi connectivity index (χ1v) is 12.9. The van der Waals surface area contributed by atoms with Gasteiger partial charge in [-0.3, -0.25) is 9.59 Å². The van der Waals surface area contributed by atoms with Gasteiger partial charge in [0.1, 0.15) is 6.04 Å². The number of esters is 1. The SMILES string of the molecule is CCOC(=O)[C@H](Cc1ccccc1)NC(=O)/C=C/CCNC(=O)[C@@H](N)CSCc1ccc(C)cc1. The number of thioether (sulfide) groups is 1. The average molecular weight is 498 g/mol. The van der Waals surface area contributed by atoms with Crippen LogP contribution in [0.2, 0.25) is 0 Å². The van der Waals surface area contributed by atoms with E-state index in [1.165, 1.54) is 17.2 Å². The van der Waals surface area contributed by atoms with Crippen LogP contribution >= 0.6 is 11.8 Å². The maximum Gasteiger partial charge on any atom is 0.328 e. The highest BCUT2D eigenvalue weighted by atomic mass is 32.2. The molecule has 0 spiro atoms. The molecule has 4 N–H and O–H groups in total. The molecule has 188 valence electrons. The van der Waals surface area contributed by atoms with Crippen LogP contribution in [0.25, 0.3) is 0 Å². The summed E-state index contributed by atoms with van der Waals surface area (Å²) >= 11 is 1.62. The first-order valence-electron chi connectivity index (χ1n) is 11.7. The number of hydrogen-bond donors (Lipinski definition) is 3. The molecule has 0 heterocycles. The Morgan fingerprint density at radius 3 is 2.46 bits per heavy atom. The van der Waals surface area contributed by atoms with Crippen LogP contribution in [0.5, 0.6) is 0 Å². The predicted octanol–water partition coefficient (Wildman–Crippen LogP) is 2.91. The Labute approximate surface area is 211 Å². The highest BCUT2D eigenvalue weighted by molar-refractivity contribution is 7.98. The van der Waals surface area contributed by atoms with Crippen molar-refractivity contribution < 1.29 is 19.1 Å². The molecule has 2 aromatic carbocycles. The van der Waals surface area contributed by atoms with Crippen LogP contribution in [0, 0.1) is 6.92 Å². The number of hydrogen-bond acceptors (Lipinski definition) is 6. The monoisotopic (exact) mass is 497 g/mol. The molecule has 0 saturated carbocycles. The fraction of sp³-hybridized carbons (Fsp3) is 0.370. The van der Waals surface area contributed by atoms with Crippen LogP contribution in [0.3, 0.4) is 0 Å². The smallest absolute Gasteiger partial charge is 0.328 e. The van der Waals surface area contributed by atoms with Gasteiger partial charge in [0.05, 0.1) is 12.6 Å². The van der Waals surface area contributed by atoms with E-state index in [0.29, 0.717) is 25.1 Å². The number of nitrogens with one attached hydrogen (secondary N) is 2. The van der Waals surface area contributed by atoms with Crippen molar-refractivity contribution in [2.45, 2.75) is 44.5 Å². The molecular formula is C27H35N3O4S. The molecule has 0 bridgehead atoms. The van der Waals surface area contributed by atoms with Crippen LogP contribution < -0.4 is 16.4 Å². The van der Waals surface area contributed by atoms with Gasteiger partial charge in [0, 0.05) is 24.5 Å². The van der Waals surface area contributed by atoms with Crippen molar-refractivity contribution in [3.05, 3.63) is 83.4 Å². The Balaban J connectivity index is 1.68. The third-order valence-electron chi connectivity index (χ3n) is 5.07.